The molecule has 1 aromatic heterocycles. The lowest BCUT2D eigenvalue weighted by Crippen LogP contribution is -2.19. The molecular weight excluding hydrogens is 382 g/mol. The third-order valence-corrected chi connectivity index (χ3v) is 5.51. The molecule has 2 aromatic carbocycles. The number of aromatic nitrogens is 1. The fourth-order valence-electron chi connectivity index (χ4n) is 3.18. The van der Waals surface area contributed by atoms with Crippen LogP contribution in [0, 0.1) is 13.8 Å². The number of aryl methyl sites for hydroxylation is 2. The number of nitrogens with one attached hydrogen (secondary N) is 1. The number of carbonyl (C=O) groups excluding carboxylic acids is 1. The van der Waals surface area contributed by atoms with E-state index in [1.807, 2.05) is 80.6 Å². The molecule has 2 heterocycles. The van der Waals surface area contributed by atoms with Gasteiger partial charge in [0.05, 0.1) is 17.7 Å². The van der Waals surface area contributed by atoms with E-state index >= 15 is 0 Å². The summed E-state index contributed by atoms with van der Waals surface area (Å²) in [5, 5.41) is 3.44. The van der Waals surface area contributed by atoms with Gasteiger partial charge in [0.2, 0.25) is 0 Å². The van der Waals surface area contributed by atoms with Gasteiger partial charge in [-0.15, -0.1) is 0 Å². The van der Waals surface area contributed by atoms with Gasteiger partial charge in [-0.3, -0.25) is 4.79 Å². The number of amides is 1. The summed E-state index contributed by atoms with van der Waals surface area (Å²) in [6, 6.07) is 19.8. The Balaban J connectivity index is 1.64. The molecule has 29 heavy (non-hydrogen) atoms. The average Bonchev–Trinajstić information content (AvgIpc) is 3.24. The molecule has 0 saturated carbocycles. The van der Waals surface area contributed by atoms with E-state index < -0.39 is 0 Å². The van der Waals surface area contributed by atoms with Crippen molar-refractivity contribution in [2.45, 2.75) is 13.8 Å². The summed E-state index contributed by atoms with van der Waals surface area (Å²) in [5.41, 5.74) is 4.98. The molecule has 3 aromatic rings. The molecule has 146 valence electrons. The van der Waals surface area contributed by atoms with E-state index in [1.54, 1.807) is 7.11 Å². The number of methoxy groups -OCH3 is 1. The Morgan fingerprint density at radius 1 is 1.07 bits per heavy atom. The largest absolute Gasteiger partial charge is 0.497 e. The average molecular weight is 404 g/mol. The summed E-state index contributed by atoms with van der Waals surface area (Å²) in [7, 11) is 1.65. The van der Waals surface area contributed by atoms with Crippen LogP contribution in [-0.2, 0) is 4.79 Å². The fourth-order valence-corrected chi connectivity index (χ4v) is 4.01. The predicted octanol–water partition coefficient (Wildman–Crippen LogP) is 4.99. The summed E-state index contributed by atoms with van der Waals surface area (Å²) in [6.07, 6.45) is 1.90. The van der Waals surface area contributed by atoms with Crippen LogP contribution in [0.2, 0.25) is 0 Å². The maximum Gasteiger partial charge on any atom is 0.264 e. The van der Waals surface area contributed by atoms with Crippen molar-refractivity contribution in [3.05, 3.63) is 82.5 Å². The molecule has 6 heteroatoms. The number of benzene rings is 2. The van der Waals surface area contributed by atoms with Crippen LogP contribution in [0.1, 0.15) is 17.0 Å². The van der Waals surface area contributed by atoms with Crippen molar-refractivity contribution in [2.75, 3.05) is 7.11 Å². The van der Waals surface area contributed by atoms with Crippen molar-refractivity contribution in [1.82, 2.24) is 9.88 Å². The van der Waals surface area contributed by atoms with Crippen LogP contribution in [0.4, 0.5) is 5.69 Å². The number of ether oxygens (including phenoxy) is 1. The van der Waals surface area contributed by atoms with Crippen molar-refractivity contribution >= 4 is 34.6 Å². The Kier molecular flexibility index (Phi) is 5.27. The summed E-state index contributed by atoms with van der Waals surface area (Å²) in [5.74, 6) is 0.669. The predicted molar refractivity (Wildman–Crippen MR) is 119 cm³/mol. The molecule has 1 N–H and O–H groups in total. The van der Waals surface area contributed by atoms with Gasteiger partial charge < -0.3 is 14.6 Å². The zero-order chi connectivity index (χ0) is 20.4. The Morgan fingerprint density at radius 2 is 1.86 bits per heavy atom. The summed E-state index contributed by atoms with van der Waals surface area (Å²) in [6.45, 7) is 4.06. The molecule has 5 nitrogen and oxygen atoms in total. The lowest BCUT2D eigenvalue weighted by atomic mass is 10.2. The minimum atomic E-state index is -0.137. The van der Waals surface area contributed by atoms with E-state index in [1.165, 1.54) is 11.8 Å². The quantitative estimate of drug-likeness (QED) is 0.624. The first-order valence-electron chi connectivity index (χ1n) is 9.22. The third kappa shape index (κ3) is 4.12. The van der Waals surface area contributed by atoms with E-state index in [-0.39, 0.29) is 5.91 Å². The molecule has 1 saturated heterocycles. The van der Waals surface area contributed by atoms with Gasteiger partial charge in [-0.05, 0) is 85.8 Å². The van der Waals surface area contributed by atoms with E-state index in [4.69, 9.17) is 4.74 Å². The van der Waals surface area contributed by atoms with E-state index in [0.29, 0.717) is 10.1 Å². The topological polar surface area (TPSA) is 55.6 Å². The van der Waals surface area contributed by atoms with Crippen LogP contribution in [-0.4, -0.2) is 22.8 Å². The highest BCUT2D eigenvalue weighted by molar-refractivity contribution is 8.18. The Hall–Kier alpha value is -3.25. The molecule has 0 unspecified atom stereocenters. The smallest absolute Gasteiger partial charge is 0.264 e. The number of amidine groups is 1. The van der Waals surface area contributed by atoms with Gasteiger partial charge in [-0.1, -0.05) is 12.1 Å². The zero-order valence-electron chi connectivity index (χ0n) is 16.5. The first-order valence-corrected chi connectivity index (χ1v) is 10.0. The maximum atomic E-state index is 12.5. The molecule has 0 radical (unpaired) electrons. The van der Waals surface area contributed by atoms with Gasteiger partial charge >= 0.3 is 0 Å². The summed E-state index contributed by atoms with van der Waals surface area (Å²) in [4.78, 5) is 17.6. The Morgan fingerprint density at radius 3 is 2.59 bits per heavy atom. The number of aliphatic imine (C=N–C) groups is 1. The van der Waals surface area contributed by atoms with Crippen molar-refractivity contribution in [3.63, 3.8) is 0 Å². The van der Waals surface area contributed by atoms with Gasteiger partial charge in [0.1, 0.15) is 5.75 Å². The van der Waals surface area contributed by atoms with Gasteiger partial charge in [0.25, 0.3) is 5.91 Å². The first-order chi connectivity index (χ1) is 14.0. The Labute approximate surface area is 174 Å². The second-order valence-electron chi connectivity index (χ2n) is 6.75. The third-order valence-electron chi connectivity index (χ3n) is 4.60. The number of nitrogens with zero attached hydrogens (tertiary/aromatic N) is 2. The molecule has 1 aliphatic rings. The van der Waals surface area contributed by atoms with Crippen LogP contribution in [0.15, 0.2) is 70.6 Å². The Bertz CT molecular complexity index is 1130. The van der Waals surface area contributed by atoms with E-state index in [9.17, 15) is 4.79 Å². The highest BCUT2D eigenvalue weighted by Gasteiger charge is 2.24. The minimum absolute atomic E-state index is 0.137. The molecule has 0 spiro atoms. The van der Waals surface area contributed by atoms with Crippen LogP contribution >= 0.6 is 11.8 Å². The van der Waals surface area contributed by atoms with Gasteiger partial charge in [-0.2, -0.15) is 0 Å². The van der Waals surface area contributed by atoms with Crippen molar-refractivity contribution < 1.29 is 9.53 Å². The lowest BCUT2D eigenvalue weighted by Gasteiger charge is -2.10. The van der Waals surface area contributed by atoms with Gasteiger partial charge in [0.15, 0.2) is 5.17 Å². The number of carbonyl (C=O) groups is 1. The SMILES string of the molecule is COc1ccc(-n2c(C)ccc2/C=C2\SC(=Nc3cccc(C)c3)NC2=O)cc1. The van der Waals surface area contributed by atoms with Crippen LogP contribution < -0.4 is 10.1 Å². The molecule has 0 bridgehead atoms. The minimum Gasteiger partial charge on any atom is -0.497 e. The number of hydrogen-bond donors (Lipinski definition) is 1. The molecule has 1 amide bonds. The van der Waals surface area contributed by atoms with E-state index in [2.05, 4.69) is 14.9 Å². The number of thioether (sulfide) groups is 1. The number of rotatable bonds is 4. The molecule has 0 aliphatic carbocycles. The van der Waals surface area contributed by atoms with Crippen molar-refractivity contribution in [3.8, 4) is 11.4 Å². The van der Waals surface area contributed by atoms with E-state index in [0.717, 1.165) is 34.1 Å². The molecule has 4 rings (SSSR count). The monoisotopic (exact) mass is 403 g/mol. The molecule has 1 fully saturated rings. The maximum absolute atomic E-state index is 12.5. The van der Waals surface area contributed by atoms with Crippen LogP contribution in [0.25, 0.3) is 11.8 Å². The molecule has 1 aliphatic heterocycles. The van der Waals surface area contributed by atoms with Crippen molar-refractivity contribution in [1.29, 1.82) is 0 Å². The second-order valence-corrected chi connectivity index (χ2v) is 7.78. The lowest BCUT2D eigenvalue weighted by molar-refractivity contribution is -0.115. The second kappa shape index (κ2) is 8.01. The zero-order valence-corrected chi connectivity index (χ0v) is 17.3. The van der Waals surface area contributed by atoms with Gasteiger partial charge in [0, 0.05) is 17.1 Å². The molecular formula is C23H21N3O2S. The highest BCUT2D eigenvalue weighted by atomic mass is 32.2. The van der Waals surface area contributed by atoms with Crippen LogP contribution in [0.3, 0.4) is 0 Å². The first kappa shape index (κ1) is 19.1. The highest BCUT2D eigenvalue weighted by Crippen LogP contribution is 2.30. The summed E-state index contributed by atoms with van der Waals surface area (Å²) >= 11 is 1.35. The summed E-state index contributed by atoms with van der Waals surface area (Å²) < 4.78 is 7.35. The molecule has 0 atom stereocenters. The fraction of sp³-hybridized carbons (Fsp3) is 0.130. The van der Waals surface area contributed by atoms with Crippen LogP contribution in [0.5, 0.6) is 5.75 Å². The standard InChI is InChI=1S/C23H21N3O2S/c1-15-5-4-6-17(13-15)24-23-25-22(27)21(29-23)14-19-8-7-16(2)26(19)18-9-11-20(28-3)12-10-18/h4-14H,1-3H3,(H,24,25,27)/b21-14-. The normalized spacial score (nSPS) is 16.4. The van der Waals surface area contributed by atoms with Crippen molar-refractivity contribution in [2.24, 2.45) is 4.99 Å². The number of hydrogen-bond acceptors (Lipinski definition) is 4. The van der Waals surface area contributed by atoms with Gasteiger partial charge in [-0.25, -0.2) is 4.99 Å².